The first-order chi connectivity index (χ1) is 19.0. The normalized spacial score (nSPS) is 11.8. The van der Waals surface area contributed by atoms with Gasteiger partial charge in [0.1, 0.15) is 24.1 Å². The zero-order valence-electron chi connectivity index (χ0n) is 23.2. The Hall–Kier alpha value is -3.57. The summed E-state index contributed by atoms with van der Waals surface area (Å²) < 4.78 is 40.0. The topological polar surface area (TPSA) is 105 Å². The van der Waals surface area contributed by atoms with E-state index in [1.54, 1.807) is 68.6 Å². The van der Waals surface area contributed by atoms with Crippen LogP contribution >= 0.6 is 15.9 Å². The second kappa shape index (κ2) is 13.7. The molecular formula is C29H34BrN3O6S. The van der Waals surface area contributed by atoms with Gasteiger partial charge in [0.15, 0.2) is 0 Å². The highest BCUT2D eigenvalue weighted by molar-refractivity contribution is 9.10. The molecule has 0 aliphatic carbocycles. The van der Waals surface area contributed by atoms with Crippen LogP contribution in [0.3, 0.4) is 0 Å². The molecule has 0 unspecified atom stereocenters. The summed E-state index contributed by atoms with van der Waals surface area (Å²) in [6, 6.07) is 17.6. The summed E-state index contributed by atoms with van der Waals surface area (Å²) in [5.74, 6) is 0.261. The Morgan fingerprint density at radius 1 is 0.975 bits per heavy atom. The summed E-state index contributed by atoms with van der Waals surface area (Å²) in [7, 11) is 0.352. The highest BCUT2D eigenvalue weighted by atomic mass is 79.9. The van der Waals surface area contributed by atoms with Crippen molar-refractivity contribution in [1.82, 2.24) is 10.2 Å². The van der Waals surface area contributed by atoms with E-state index in [-0.39, 0.29) is 17.3 Å². The molecular weight excluding hydrogens is 598 g/mol. The molecule has 0 aromatic heterocycles. The van der Waals surface area contributed by atoms with Crippen molar-refractivity contribution in [1.29, 1.82) is 0 Å². The fourth-order valence-electron chi connectivity index (χ4n) is 4.19. The van der Waals surface area contributed by atoms with Gasteiger partial charge in [-0.2, -0.15) is 0 Å². The molecule has 214 valence electrons. The highest BCUT2D eigenvalue weighted by Gasteiger charge is 2.33. The number of halogens is 1. The number of carbonyl (C=O) groups is 2. The van der Waals surface area contributed by atoms with Gasteiger partial charge >= 0.3 is 0 Å². The maximum absolute atomic E-state index is 14.0. The molecule has 2 amide bonds. The van der Waals surface area contributed by atoms with E-state index in [4.69, 9.17) is 9.47 Å². The Morgan fingerprint density at radius 3 is 2.15 bits per heavy atom. The van der Waals surface area contributed by atoms with Crippen LogP contribution in [0.4, 0.5) is 5.69 Å². The van der Waals surface area contributed by atoms with Crippen LogP contribution in [0.5, 0.6) is 11.5 Å². The Kier molecular flexibility index (Phi) is 10.6. The Labute approximate surface area is 244 Å². The molecule has 1 atom stereocenters. The maximum atomic E-state index is 14.0. The first kappa shape index (κ1) is 31.0. The van der Waals surface area contributed by atoms with Gasteiger partial charge in [-0.15, -0.1) is 0 Å². The lowest BCUT2D eigenvalue weighted by molar-refractivity contribution is -0.140. The van der Waals surface area contributed by atoms with Crippen molar-refractivity contribution >= 4 is 43.5 Å². The average Bonchev–Trinajstić information content (AvgIpc) is 2.96. The standard InChI is InChI=1S/C29H34BrN3O6S/c1-6-26(29(35)31-3)32(18-21-9-13-23(38-4)14-10-21)28(34)19-33(22-11-7-20(2)8-12-22)40(36,37)24-15-16-27(39-5)25(30)17-24/h7-17,26H,6,18-19H2,1-5H3,(H,31,35)/t26-/m0/s1. The van der Waals surface area contributed by atoms with Crippen LogP contribution in [0, 0.1) is 6.92 Å². The number of nitrogens with zero attached hydrogens (tertiary/aromatic N) is 2. The minimum Gasteiger partial charge on any atom is -0.497 e. The molecule has 3 rings (SSSR count). The van der Waals surface area contributed by atoms with Gasteiger partial charge in [-0.25, -0.2) is 8.42 Å². The molecule has 0 radical (unpaired) electrons. The van der Waals surface area contributed by atoms with Gasteiger partial charge < -0.3 is 19.7 Å². The van der Waals surface area contributed by atoms with Gasteiger partial charge in [0.2, 0.25) is 11.8 Å². The second-order valence-electron chi connectivity index (χ2n) is 9.05. The Bertz CT molecular complexity index is 1430. The zero-order chi connectivity index (χ0) is 29.4. The fraction of sp³-hybridized carbons (Fsp3) is 0.310. The van der Waals surface area contributed by atoms with E-state index in [0.29, 0.717) is 28.1 Å². The van der Waals surface area contributed by atoms with Crippen LogP contribution in [-0.4, -0.2) is 59.0 Å². The van der Waals surface area contributed by atoms with E-state index in [1.807, 2.05) is 6.92 Å². The number of nitrogens with one attached hydrogen (secondary N) is 1. The van der Waals surface area contributed by atoms with E-state index in [9.17, 15) is 18.0 Å². The molecule has 0 heterocycles. The van der Waals surface area contributed by atoms with Crippen molar-refractivity contribution in [3.63, 3.8) is 0 Å². The molecule has 0 fully saturated rings. The lowest BCUT2D eigenvalue weighted by Crippen LogP contribution is -2.51. The SMILES string of the molecule is CC[C@@H](C(=O)NC)N(Cc1ccc(OC)cc1)C(=O)CN(c1ccc(C)cc1)S(=O)(=O)c1ccc(OC)c(Br)c1. The molecule has 0 bridgehead atoms. The van der Waals surface area contributed by atoms with E-state index in [1.165, 1.54) is 31.2 Å². The molecule has 0 saturated heterocycles. The van der Waals surface area contributed by atoms with Crippen molar-refractivity contribution in [3.8, 4) is 11.5 Å². The minimum atomic E-state index is -4.20. The predicted molar refractivity (Wildman–Crippen MR) is 158 cm³/mol. The van der Waals surface area contributed by atoms with Gasteiger partial charge in [-0.3, -0.25) is 13.9 Å². The smallest absolute Gasteiger partial charge is 0.264 e. The molecule has 0 aliphatic heterocycles. The van der Waals surface area contributed by atoms with Crippen molar-refractivity contribution in [2.75, 3.05) is 32.1 Å². The lowest BCUT2D eigenvalue weighted by Gasteiger charge is -2.33. The number of hydrogen-bond donors (Lipinski definition) is 1. The third-order valence-electron chi connectivity index (χ3n) is 6.46. The lowest BCUT2D eigenvalue weighted by atomic mass is 10.1. The van der Waals surface area contributed by atoms with Crippen LogP contribution in [0.1, 0.15) is 24.5 Å². The highest BCUT2D eigenvalue weighted by Crippen LogP contribution is 2.31. The van der Waals surface area contributed by atoms with Crippen molar-refractivity contribution < 1.29 is 27.5 Å². The fourth-order valence-corrected chi connectivity index (χ4v) is 6.32. The first-order valence-electron chi connectivity index (χ1n) is 12.6. The molecule has 3 aromatic rings. The molecule has 0 saturated carbocycles. The summed E-state index contributed by atoms with van der Waals surface area (Å²) in [5.41, 5.74) is 2.02. The van der Waals surface area contributed by atoms with Crippen LogP contribution in [0.25, 0.3) is 0 Å². The zero-order valence-corrected chi connectivity index (χ0v) is 25.6. The van der Waals surface area contributed by atoms with Gasteiger partial charge in [-0.1, -0.05) is 36.8 Å². The molecule has 0 aliphatic rings. The number of aryl methyl sites for hydroxylation is 1. The number of ether oxygens (including phenoxy) is 2. The van der Waals surface area contributed by atoms with Crippen molar-refractivity contribution in [3.05, 3.63) is 82.3 Å². The predicted octanol–water partition coefficient (Wildman–Crippen LogP) is 4.52. The summed E-state index contributed by atoms with van der Waals surface area (Å²) >= 11 is 3.35. The third kappa shape index (κ3) is 7.14. The molecule has 0 spiro atoms. The summed E-state index contributed by atoms with van der Waals surface area (Å²) in [6.07, 6.45) is 0.338. The number of sulfonamides is 1. The van der Waals surface area contributed by atoms with E-state index < -0.39 is 28.5 Å². The van der Waals surface area contributed by atoms with Crippen LogP contribution in [-0.2, 0) is 26.2 Å². The average molecular weight is 633 g/mol. The Morgan fingerprint density at radius 2 is 1.62 bits per heavy atom. The number of hydrogen-bond acceptors (Lipinski definition) is 6. The van der Waals surface area contributed by atoms with Crippen LogP contribution in [0.15, 0.2) is 76.1 Å². The van der Waals surface area contributed by atoms with Gasteiger partial charge in [0, 0.05) is 13.6 Å². The molecule has 11 heteroatoms. The van der Waals surface area contributed by atoms with Gasteiger partial charge in [-0.05, 0) is 77.3 Å². The number of rotatable bonds is 12. The minimum absolute atomic E-state index is 0.0198. The number of amides is 2. The second-order valence-corrected chi connectivity index (χ2v) is 11.8. The van der Waals surface area contributed by atoms with Gasteiger partial charge in [0.05, 0.1) is 29.3 Å². The molecule has 9 nitrogen and oxygen atoms in total. The molecule has 40 heavy (non-hydrogen) atoms. The quantitative estimate of drug-likeness (QED) is 0.315. The number of methoxy groups -OCH3 is 2. The number of anilines is 1. The van der Waals surface area contributed by atoms with E-state index in [2.05, 4.69) is 21.2 Å². The van der Waals surface area contributed by atoms with Crippen LogP contribution < -0.4 is 19.1 Å². The van der Waals surface area contributed by atoms with Crippen molar-refractivity contribution in [2.45, 2.75) is 37.8 Å². The van der Waals surface area contributed by atoms with Crippen LogP contribution in [0.2, 0.25) is 0 Å². The number of likely N-dealkylation sites (N-methyl/N-ethyl adjacent to an activating group) is 1. The Balaban J connectivity index is 2.06. The van der Waals surface area contributed by atoms with Crippen molar-refractivity contribution in [2.24, 2.45) is 0 Å². The monoisotopic (exact) mass is 631 g/mol. The first-order valence-corrected chi connectivity index (χ1v) is 14.9. The third-order valence-corrected chi connectivity index (χ3v) is 8.85. The van der Waals surface area contributed by atoms with Gasteiger partial charge in [0.25, 0.3) is 10.0 Å². The maximum Gasteiger partial charge on any atom is 0.264 e. The number of benzene rings is 3. The van der Waals surface area contributed by atoms with E-state index >= 15 is 0 Å². The van der Waals surface area contributed by atoms with E-state index in [0.717, 1.165) is 15.4 Å². The summed E-state index contributed by atoms with van der Waals surface area (Å²) in [6.45, 7) is 3.28. The number of carbonyl (C=O) groups excluding carboxylic acids is 2. The molecule has 3 aromatic carbocycles. The molecule has 1 N–H and O–H groups in total. The summed E-state index contributed by atoms with van der Waals surface area (Å²) in [4.78, 5) is 28.2. The largest absolute Gasteiger partial charge is 0.497 e. The summed E-state index contributed by atoms with van der Waals surface area (Å²) in [5, 5.41) is 2.62.